The zero-order valence-electron chi connectivity index (χ0n) is 7.03. The number of rotatable bonds is 2. The minimum absolute atomic E-state index is 0.579. The number of benzene rings is 1. The summed E-state index contributed by atoms with van der Waals surface area (Å²) >= 11 is 2.06. The Morgan fingerprint density at radius 3 is 2.69 bits per heavy atom. The van der Waals surface area contributed by atoms with E-state index in [4.69, 9.17) is 0 Å². The van der Waals surface area contributed by atoms with Crippen molar-refractivity contribution in [2.24, 2.45) is 0 Å². The molecule has 1 atom stereocenters. The number of methoxy groups -OCH3 is 1. The van der Waals surface area contributed by atoms with Crippen molar-refractivity contribution < 1.29 is 14.6 Å². The van der Waals surface area contributed by atoms with Gasteiger partial charge in [0.1, 0.15) is 0 Å². The molecular weight excluding hydrogens is 283 g/mol. The highest BCUT2D eigenvalue weighted by atomic mass is 127. The van der Waals surface area contributed by atoms with Crippen molar-refractivity contribution in [2.75, 3.05) is 7.11 Å². The van der Waals surface area contributed by atoms with E-state index in [-0.39, 0.29) is 0 Å². The standard InChI is InChI=1S/C9H9IO3/c1-13-9(12)8(11)6-4-2-3-5-7(6)10/h2-5,8,11H,1H3/t8-/m1/s1. The molecule has 0 fully saturated rings. The van der Waals surface area contributed by atoms with Crippen LogP contribution in [0.3, 0.4) is 0 Å². The molecule has 0 heterocycles. The van der Waals surface area contributed by atoms with Crippen LogP contribution in [0.5, 0.6) is 0 Å². The fraction of sp³-hybridized carbons (Fsp3) is 0.222. The predicted octanol–water partition coefficient (Wildman–Crippen LogP) is 1.50. The summed E-state index contributed by atoms with van der Waals surface area (Å²) in [4.78, 5) is 11.0. The van der Waals surface area contributed by atoms with Gasteiger partial charge in [-0.2, -0.15) is 0 Å². The maximum absolute atomic E-state index is 11.0. The van der Waals surface area contributed by atoms with Crippen LogP contribution in [-0.2, 0) is 9.53 Å². The molecule has 4 heteroatoms. The monoisotopic (exact) mass is 292 g/mol. The van der Waals surface area contributed by atoms with Gasteiger partial charge in [-0.25, -0.2) is 4.79 Å². The van der Waals surface area contributed by atoms with Gasteiger partial charge < -0.3 is 9.84 Å². The zero-order chi connectivity index (χ0) is 9.84. The van der Waals surface area contributed by atoms with E-state index < -0.39 is 12.1 Å². The Morgan fingerprint density at radius 2 is 2.15 bits per heavy atom. The van der Waals surface area contributed by atoms with E-state index in [2.05, 4.69) is 27.3 Å². The van der Waals surface area contributed by atoms with Crippen molar-refractivity contribution >= 4 is 28.6 Å². The lowest BCUT2D eigenvalue weighted by molar-refractivity contribution is -0.150. The van der Waals surface area contributed by atoms with Gasteiger partial charge in [-0.15, -0.1) is 0 Å². The van der Waals surface area contributed by atoms with Crippen LogP contribution < -0.4 is 0 Å². The van der Waals surface area contributed by atoms with Gasteiger partial charge >= 0.3 is 5.97 Å². The van der Waals surface area contributed by atoms with Crippen molar-refractivity contribution in [3.63, 3.8) is 0 Å². The fourth-order valence-electron chi connectivity index (χ4n) is 0.935. The van der Waals surface area contributed by atoms with Crippen LogP contribution in [0.15, 0.2) is 24.3 Å². The number of carbonyl (C=O) groups is 1. The Hall–Kier alpha value is -0.620. The summed E-state index contributed by atoms with van der Waals surface area (Å²) in [7, 11) is 1.25. The molecule has 1 rings (SSSR count). The first-order valence-electron chi connectivity index (χ1n) is 3.67. The second-order valence-corrected chi connectivity index (χ2v) is 3.61. The Labute approximate surface area is 89.9 Å². The molecule has 1 aromatic carbocycles. The van der Waals surface area contributed by atoms with Crippen molar-refractivity contribution in [3.8, 4) is 0 Å². The zero-order valence-corrected chi connectivity index (χ0v) is 9.19. The Morgan fingerprint density at radius 1 is 1.54 bits per heavy atom. The highest BCUT2D eigenvalue weighted by molar-refractivity contribution is 14.1. The lowest BCUT2D eigenvalue weighted by Crippen LogP contribution is -2.14. The van der Waals surface area contributed by atoms with Crippen LogP contribution in [-0.4, -0.2) is 18.2 Å². The second-order valence-electron chi connectivity index (χ2n) is 2.45. The molecule has 0 aliphatic rings. The van der Waals surface area contributed by atoms with Crippen molar-refractivity contribution in [1.29, 1.82) is 0 Å². The highest BCUT2D eigenvalue weighted by Crippen LogP contribution is 2.20. The lowest BCUT2D eigenvalue weighted by Gasteiger charge is -2.09. The summed E-state index contributed by atoms with van der Waals surface area (Å²) in [5, 5.41) is 9.49. The maximum atomic E-state index is 11.0. The van der Waals surface area contributed by atoms with E-state index in [1.54, 1.807) is 12.1 Å². The first kappa shape index (κ1) is 10.5. The molecular formula is C9H9IO3. The molecule has 13 heavy (non-hydrogen) atoms. The molecule has 0 saturated heterocycles. The number of esters is 1. The summed E-state index contributed by atoms with van der Waals surface area (Å²) in [6.07, 6.45) is -1.18. The fourth-order valence-corrected chi connectivity index (χ4v) is 1.62. The molecule has 0 radical (unpaired) electrons. The predicted molar refractivity (Wildman–Crippen MR) is 56.1 cm³/mol. The van der Waals surface area contributed by atoms with Crippen molar-refractivity contribution in [1.82, 2.24) is 0 Å². The van der Waals surface area contributed by atoms with Crippen molar-refractivity contribution in [2.45, 2.75) is 6.10 Å². The topological polar surface area (TPSA) is 46.5 Å². The third kappa shape index (κ3) is 2.41. The molecule has 70 valence electrons. The van der Waals surface area contributed by atoms with Crippen LogP contribution >= 0.6 is 22.6 Å². The first-order chi connectivity index (χ1) is 6.16. The number of hydrogen-bond donors (Lipinski definition) is 1. The van der Waals surface area contributed by atoms with E-state index >= 15 is 0 Å². The number of aliphatic hydroxyl groups excluding tert-OH is 1. The average molecular weight is 292 g/mol. The summed E-state index contributed by atoms with van der Waals surface area (Å²) in [6.45, 7) is 0. The minimum atomic E-state index is -1.18. The molecule has 3 nitrogen and oxygen atoms in total. The molecule has 0 aliphatic heterocycles. The summed E-state index contributed by atoms with van der Waals surface area (Å²) in [6, 6.07) is 7.13. The molecule has 0 bridgehead atoms. The molecule has 1 aromatic rings. The summed E-state index contributed by atoms with van der Waals surface area (Å²) in [5.41, 5.74) is 0.579. The van der Waals surface area contributed by atoms with E-state index in [1.807, 2.05) is 12.1 Å². The molecule has 0 unspecified atom stereocenters. The Kier molecular flexibility index (Phi) is 3.68. The van der Waals surface area contributed by atoms with E-state index in [9.17, 15) is 9.90 Å². The van der Waals surface area contributed by atoms with Gasteiger partial charge in [0.15, 0.2) is 6.10 Å². The smallest absolute Gasteiger partial charge is 0.339 e. The molecule has 0 aliphatic carbocycles. The van der Waals surface area contributed by atoms with Crippen LogP contribution in [0.1, 0.15) is 11.7 Å². The van der Waals surface area contributed by atoms with Crippen molar-refractivity contribution in [3.05, 3.63) is 33.4 Å². The third-order valence-electron chi connectivity index (χ3n) is 1.62. The van der Waals surface area contributed by atoms with Gasteiger partial charge in [0.2, 0.25) is 0 Å². The van der Waals surface area contributed by atoms with Crippen LogP contribution in [0.4, 0.5) is 0 Å². The van der Waals surface area contributed by atoms with E-state index in [0.29, 0.717) is 5.56 Å². The van der Waals surface area contributed by atoms with E-state index in [0.717, 1.165) is 3.57 Å². The van der Waals surface area contributed by atoms with Gasteiger partial charge in [0, 0.05) is 9.13 Å². The SMILES string of the molecule is COC(=O)[C@H](O)c1ccccc1I. The molecule has 0 spiro atoms. The van der Waals surface area contributed by atoms with Gasteiger partial charge in [0.05, 0.1) is 7.11 Å². The van der Waals surface area contributed by atoms with Gasteiger partial charge in [0.25, 0.3) is 0 Å². The Bertz CT molecular complexity index is 311. The largest absolute Gasteiger partial charge is 0.467 e. The first-order valence-corrected chi connectivity index (χ1v) is 4.75. The number of hydrogen-bond acceptors (Lipinski definition) is 3. The van der Waals surface area contributed by atoms with Crippen LogP contribution in [0.25, 0.3) is 0 Å². The number of carbonyl (C=O) groups excluding carboxylic acids is 1. The lowest BCUT2D eigenvalue weighted by atomic mass is 10.1. The van der Waals surface area contributed by atoms with Gasteiger partial charge in [-0.1, -0.05) is 18.2 Å². The van der Waals surface area contributed by atoms with E-state index in [1.165, 1.54) is 7.11 Å². The summed E-state index contributed by atoms with van der Waals surface area (Å²) in [5.74, 6) is -0.635. The average Bonchev–Trinajstić information content (AvgIpc) is 2.16. The molecule has 1 N–H and O–H groups in total. The normalized spacial score (nSPS) is 12.2. The molecule has 0 saturated carbocycles. The Balaban J connectivity index is 2.95. The third-order valence-corrected chi connectivity index (χ3v) is 2.61. The maximum Gasteiger partial charge on any atom is 0.339 e. The quantitative estimate of drug-likeness (QED) is 0.663. The highest BCUT2D eigenvalue weighted by Gasteiger charge is 2.19. The number of halogens is 1. The number of ether oxygens (including phenoxy) is 1. The van der Waals surface area contributed by atoms with Gasteiger partial charge in [-0.05, 0) is 28.7 Å². The van der Waals surface area contributed by atoms with Gasteiger partial charge in [-0.3, -0.25) is 0 Å². The molecule has 0 aromatic heterocycles. The van der Waals surface area contributed by atoms with Crippen LogP contribution in [0, 0.1) is 3.57 Å². The second kappa shape index (κ2) is 4.57. The summed E-state index contributed by atoms with van der Waals surface area (Å²) < 4.78 is 5.27. The van der Waals surface area contributed by atoms with Crippen LogP contribution in [0.2, 0.25) is 0 Å². The number of aliphatic hydroxyl groups is 1. The minimum Gasteiger partial charge on any atom is -0.467 e. The molecule has 0 amide bonds.